The van der Waals surface area contributed by atoms with Gasteiger partial charge in [0.1, 0.15) is 0 Å². The fourth-order valence-corrected chi connectivity index (χ4v) is 6.41. The maximum Gasteiger partial charge on any atom is 0.0894 e. The summed E-state index contributed by atoms with van der Waals surface area (Å²) in [6, 6.07) is 6.59. The number of likely N-dealkylation sites (N-methyl/N-ethyl adjacent to an activating group) is 1. The minimum atomic E-state index is -0.655. The van der Waals surface area contributed by atoms with Crippen molar-refractivity contribution in [3.63, 3.8) is 0 Å². The molecule has 0 saturated carbocycles. The summed E-state index contributed by atoms with van der Waals surface area (Å²) < 4.78 is 6.03. The van der Waals surface area contributed by atoms with E-state index in [4.69, 9.17) is 10.5 Å². The number of benzene rings is 1. The Labute approximate surface area is 236 Å². The first kappa shape index (κ1) is 30.0. The number of aromatic amines is 1. The van der Waals surface area contributed by atoms with Gasteiger partial charge in [-0.3, -0.25) is 4.90 Å². The SMILES string of the molecule is CCCCCCCCCCCCCC=CC(O)C(N)COC[C@@H]1C=C2c3cccc4[nH]cc(c34)C[C@H]2N(C)C1. The second-order valence-corrected chi connectivity index (χ2v) is 12.0. The van der Waals surface area contributed by atoms with E-state index in [-0.39, 0.29) is 0 Å². The fraction of sp³-hybridized carbons (Fsp3) is 0.647. The van der Waals surface area contributed by atoms with E-state index in [0.717, 1.165) is 19.4 Å². The Balaban J connectivity index is 1.10. The van der Waals surface area contributed by atoms with Crippen LogP contribution in [-0.2, 0) is 11.2 Å². The molecule has 2 aromatic rings. The molecular weight excluding hydrogens is 482 g/mol. The lowest BCUT2D eigenvalue weighted by atomic mass is 9.80. The molecule has 2 unspecified atom stereocenters. The number of allylic oxidation sites excluding steroid dienone is 1. The Morgan fingerprint density at radius 2 is 1.79 bits per heavy atom. The number of nitrogens with two attached hydrogens (primary N) is 1. The van der Waals surface area contributed by atoms with Crippen molar-refractivity contribution >= 4 is 16.5 Å². The van der Waals surface area contributed by atoms with Crippen molar-refractivity contribution in [2.24, 2.45) is 11.7 Å². The van der Waals surface area contributed by atoms with E-state index < -0.39 is 12.1 Å². The topological polar surface area (TPSA) is 74.5 Å². The molecule has 0 amide bonds. The highest BCUT2D eigenvalue weighted by Crippen LogP contribution is 2.40. The van der Waals surface area contributed by atoms with E-state index in [9.17, 15) is 5.11 Å². The van der Waals surface area contributed by atoms with E-state index in [1.165, 1.54) is 98.2 Å². The van der Waals surface area contributed by atoms with Crippen molar-refractivity contribution in [3.8, 4) is 0 Å². The van der Waals surface area contributed by atoms with Crippen LogP contribution in [0.2, 0.25) is 0 Å². The van der Waals surface area contributed by atoms with Gasteiger partial charge in [-0.25, -0.2) is 0 Å². The summed E-state index contributed by atoms with van der Waals surface area (Å²) in [4.78, 5) is 5.90. The maximum atomic E-state index is 10.5. The first-order chi connectivity index (χ1) is 19.1. The third-order valence-corrected chi connectivity index (χ3v) is 8.73. The van der Waals surface area contributed by atoms with Crippen LogP contribution in [0.25, 0.3) is 16.5 Å². The van der Waals surface area contributed by atoms with Crippen LogP contribution in [0.15, 0.2) is 42.6 Å². The summed E-state index contributed by atoms with van der Waals surface area (Å²) in [5.74, 6) is 0.318. The van der Waals surface area contributed by atoms with Gasteiger partial charge in [0.25, 0.3) is 0 Å². The van der Waals surface area contributed by atoms with Gasteiger partial charge in [-0.2, -0.15) is 0 Å². The van der Waals surface area contributed by atoms with Gasteiger partial charge in [-0.1, -0.05) is 101 Å². The molecular formula is C34H53N3O2. The molecule has 2 heterocycles. The van der Waals surface area contributed by atoms with Crippen molar-refractivity contribution in [3.05, 3.63) is 53.8 Å². The van der Waals surface area contributed by atoms with Crippen molar-refractivity contribution in [2.75, 3.05) is 26.8 Å². The summed E-state index contributed by atoms with van der Waals surface area (Å²) in [6.45, 7) is 4.24. The summed E-state index contributed by atoms with van der Waals surface area (Å²) in [5, 5.41) is 11.8. The first-order valence-corrected chi connectivity index (χ1v) is 15.8. The number of aliphatic hydroxyl groups is 1. The fourth-order valence-electron chi connectivity index (χ4n) is 6.41. The molecule has 216 valence electrons. The highest BCUT2D eigenvalue weighted by molar-refractivity contribution is 5.98. The molecule has 0 fully saturated rings. The average molecular weight is 536 g/mol. The number of nitrogens with zero attached hydrogens (tertiary/aromatic N) is 1. The van der Waals surface area contributed by atoms with E-state index >= 15 is 0 Å². The van der Waals surface area contributed by atoms with Crippen molar-refractivity contribution in [1.82, 2.24) is 9.88 Å². The third-order valence-electron chi connectivity index (χ3n) is 8.73. The number of hydrogen-bond donors (Lipinski definition) is 3. The molecule has 1 aliphatic carbocycles. The molecule has 0 saturated heterocycles. The predicted octanol–water partition coefficient (Wildman–Crippen LogP) is 7.00. The molecule has 4 rings (SSSR count). The zero-order chi connectivity index (χ0) is 27.5. The van der Waals surface area contributed by atoms with Crippen molar-refractivity contribution < 1.29 is 9.84 Å². The molecule has 4 atom stereocenters. The number of unbranched alkanes of at least 4 members (excludes halogenated alkanes) is 11. The quantitative estimate of drug-likeness (QED) is 0.142. The van der Waals surface area contributed by atoms with Crippen LogP contribution < -0.4 is 5.73 Å². The number of fused-ring (bicyclic) bond motifs is 2. The summed E-state index contributed by atoms with van der Waals surface area (Å²) >= 11 is 0. The number of aromatic nitrogens is 1. The maximum absolute atomic E-state index is 10.5. The molecule has 5 heteroatoms. The zero-order valence-electron chi connectivity index (χ0n) is 24.5. The largest absolute Gasteiger partial charge is 0.387 e. The second-order valence-electron chi connectivity index (χ2n) is 12.0. The lowest BCUT2D eigenvalue weighted by molar-refractivity contribution is 0.0584. The predicted molar refractivity (Wildman–Crippen MR) is 165 cm³/mol. The van der Waals surface area contributed by atoms with Crippen LogP contribution in [0.1, 0.15) is 95.1 Å². The minimum absolute atomic E-state index is 0.318. The van der Waals surface area contributed by atoms with Crippen LogP contribution in [0.3, 0.4) is 0 Å². The van der Waals surface area contributed by atoms with Gasteiger partial charge >= 0.3 is 0 Å². The van der Waals surface area contributed by atoms with Crippen LogP contribution in [-0.4, -0.2) is 60.0 Å². The highest BCUT2D eigenvalue weighted by atomic mass is 16.5. The number of nitrogens with one attached hydrogen (secondary N) is 1. The number of H-pyrrole nitrogens is 1. The van der Waals surface area contributed by atoms with Gasteiger partial charge in [0.2, 0.25) is 0 Å². The Morgan fingerprint density at radius 3 is 2.54 bits per heavy atom. The van der Waals surface area contributed by atoms with Crippen LogP contribution in [0, 0.1) is 5.92 Å². The van der Waals surface area contributed by atoms with Gasteiger partial charge in [0, 0.05) is 35.6 Å². The van der Waals surface area contributed by atoms with Gasteiger partial charge in [-0.05, 0) is 49.1 Å². The summed E-state index contributed by atoms with van der Waals surface area (Å²) in [6.07, 6.45) is 24.9. The lowest BCUT2D eigenvalue weighted by Gasteiger charge is -2.40. The lowest BCUT2D eigenvalue weighted by Crippen LogP contribution is -2.44. The number of ether oxygens (including phenoxy) is 1. The smallest absolute Gasteiger partial charge is 0.0894 e. The number of rotatable bonds is 18. The first-order valence-electron chi connectivity index (χ1n) is 15.8. The van der Waals surface area contributed by atoms with E-state index in [1.807, 2.05) is 6.08 Å². The Bertz CT molecular complexity index is 1060. The highest BCUT2D eigenvalue weighted by Gasteiger charge is 2.33. The molecule has 39 heavy (non-hydrogen) atoms. The monoisotopic (exact) mass is 535 g/mol. The van der Waals surface area contributed by atoms with Gasteiger partial charge in [0.15, 0.2) is 0 Å². The van der Waals surface area contributed by atoms with Gasteiger partial charge in [0.05, 0.1) is 25.4 Å². The molecule has 1 aromatic carbocycles. The number of aliphatic hydroxyl groups excluding tert-OH is 1. The third kappa shape index (κ3) is 8.53. The molecule has 5 nitrogen and oxygen atoms in total. The van der Waals surface area contributed by atoms with Gasteiger partial charge < -0.3 is 20.6 Å². The van der Waals surface area contributed by atoms with Crippen molar-refractivity contribution in [2.45, 2.75) is 109 Å². The molecule has 0 radical (unpaired) electrons. The molecule has 4 N–H and O–H groups in total. The van der Waals surface area contributed by atoms with E-state index in [0.29, 0.717) is 25.2 Å². The van der Waals surface area contributed by atoms with E-state index in [1.54, 1.807) is 0 Å². The Kier molecular flexibility index (Phi) is 12.1. The van der Waals surface area contributed by atoms with Gasteiger partial charge in [-0.15, -0.1) is 0 Å². The van der Waals surface area contributed by atoms with E-state index in [2.05, 4.69) is 60.4 Å². The second kappa shape index (κ2) is 15.8. The molecule has 0 spiro atoms. The average Bonchev–Trinajstić information content (AvgIpc) is 3.36. The van der Waals surface area contributed by atoms with Crippen LogP contribution in [0.4, 0.5) is 0 Å². The molecule has 1 aromatic heterocycles. The molecule has 2 aliphatic rings. The standard InChI is InChI=1S/C34H53N3O2/c1-3-4-5-6-7-8-9-10-11-12-13-14-15-19-33(38)30(35)25-39-24-26-20-29-28-17-16-18-31-34(28)27(22-36-31)21-32(29)37(2)23-26/h15-20,22,26,30,32-33,36,38H,3-14,21,23-25,35H2,1-2H3/t26-,30?,32-,33?/m1/s1. The normalized spacial score (nSPS) is 20.9. The van der Waals surface area contributed by atoms with Crippen LogP contribution >= 0.6 is 0 Å². The number of hydrogen-bond acceptors (Lipinski definition) is 4. The Hall–Kier alpha value is -1.92. The zero-order valence-corrected chi connectivity index (χ0v) is 24.5. The molecule has 0 bridgehead atoms. The van der Waals surface area contributed by atoms with Crippen LogP contribution in [0.5, 0.6) is 0 Å². The molecule has 1 aliphatic heterocycles. The minimum Gasteiger partial charge on any atom is -0.387 e. The Morgan fingerprint density at radius 1 is 1.08 bits per heavy atom. The summed E-state index contributed by atoms with van der Waals surface area (Å²) in [7, 11) is 2.22. The summed E-state index contributed by atoms with van der Waals surface area (Å²) in [5.41, 5.74) is 11.7. The van der Waals surface area contributed by atoms with Crippen molar-refractivity contribution in [1.29, 1.82) is 0 Å².